The maximum absolute atomic E-state index is 13.9. The van der Waals surface area contributed by atoms with Gasteiger partial charge in [0.2, 0.25) is 0 Å². The fourth-order valence-corrected chi connectivity index (χ4v) is 3.08. The summed E-state index contributed by atoms with van der Waals surface area (Å²) in [5.74, 6) is 0.345. The number of benzene rings is 1. The first kappa shape index (κ1) is 20.2. The third kappa shape index (κ3) is 3.85. The molecule has 0 radical (unpaired) electrons. The molecule has 1 aliphatic heterocycles. The van der Waals surface area contributed by atoms with Gasteiger partial charge < -0.3 is 10.6 Å². The van der Waals surface area contributed by atoms with E-state index in [1.54, 1.807) is 18.3 Å². The van der Waals surface area contributed by atoms with Crippen LogP contribution in [0.25, 0.3) is 22.2 Å². The first-order valence-electron chi connectivity index (χ1n) is 8.34. The lowest BCUT2D eigenvalue weighted by atomic mass is 10.0. The van der Waals surface area contributed by atoms with Crippen molar-refractivity contribution in [2.45, 2.75) is 18.4 Å². The van der Waals surface area contributed by atoms with Crippen molar-refractivity contribution in [1.82, 2.24) is 20.5 Å². The third-order valence-corrected chi connectivity index (χ3v) is 4.49. The van der Waals surface area contributed by atoms with Crippen LogP contribution < -0.4 is 10.6 Å². The van der Waals surface area contributed by atoms with Gasteiger partial charge in [-0.15, -0.1) is 22.6 Å². The number of pyridine rings is 1. The summed E-state index contributed by atoms with van der Waals surface area (Å²) in [6, 6.07) is 7.73. The lowest BCUT2D eigenvalue weighted by Gasteiger charge is -2.16. The second kappa shape index (κ2) is 7.84. The average molecular weight is 414 g/mol. The fraction of sp³-hybridized carbons (Fsp3) is 0.278. The molecule has 0 bridgehead atoms. The predicted molar refractivity (Wildman–Crippen MR) is 100 cm³/mol. The van der Waals surface area contributed by atoms with Crippen LogP contribution in [0.1, 0.15) is 5.56 Å². The monoisotopic (exact) mass is 413 g/mol. The van der Waals surface area contributed by atoms with Gasteiger partial charge in [0.05, 0.1) is 11.6 Å². The summed E-state index contributed by atoms with van der Waals surface area (Å²) in [6.07, 6.45) is -3.88. The molecule has 3 aromatic rings. The molecule has 3 heterocycles. The number of fused-ring (bicyclic) bond motifs is 1. The van der Waals surface area contributed by atoms with Crippen LogP contribution in [0.15, 0.2) is 42.6 Å². The number of alkyl halides is 4. The Morgan fingerprint density at radius 1 is 1.04 bits per heavy atom. The molecule has 1 fully saturated rings. The van der Waals surface area contributed by atoms with E-state index in [0.717, 1.165) is 12.1 Å². The first-order valence-corrected chi connectivity index (χ1v) is 8.34. The lowest BCUT2D eigenvalue weighted by molar-refractivity contribution is -0.137. The SMILES string of the molecule is Cl.F[C@H]1CNC[C@H]1Nc1nnc(-c2ccc(C(F)(F)F)cc2)c2cccnc12. The molecule has 1 aliphatic rings. The fourth-order valence-electron chi connectivity index (χ4n) is 3.08. The van der Waals surface area contributed by atoms with Crippen molar-refractivity contribution < 1.29 is 17.6 Å². The summed E-state index contributed by atoms with van der Waals surface area (Å²) in [5.41, 5.74) is 0.661. The van der Waals surface area contributed by atoms with Crippen molar-refractivity contribution in [3.8, 4) is 11.3 Å². The summed E-state index contributed by atoms with van der Waals surface area (Å²) in [7, 11) is 0. The normalized spacial score (nSPS) is 19.4. The van der Waals surface area contributed by atoms with E-state index in [2.05, 4.69) is 25.8 Å². The van der Waals surface area contributed by atoms with Gasteiger partial charge in [0.1, 0.15) is 17.4 Å². The highest BCUT2D eigenvalue weighted by Gasteiger charge is 2.30. The van der Waals surface area contributed by atoms with E-state index in [0.29, 0.717) is 34.5 Å². The van der Waals surface area contributed by atoms with Crippen molar-refractivity contribution in [1.29, 1.82) is 0 Å². The van der Waals surface area contributed by atoms with Gasteiger partial charge in [-0.2, -0.15) is 13.2 Å². The van der Waals surface area contributed by atoms with Gasteiger partial charge in [-0.05, 0) is 24.3 Å². The molecule has 148 valence electrons. The van der Waals surface area contributed by atoms with Gasteiger partial charge in [-0.25, -0.2) is 4.39 Å². The molecule has 2 aromatic heterocycles. The van der Waals surface area contributed by atoms with Crippen molar-refractivity contribution >= 4 is 29.1 Å². The Kier molecular flexibility index (Phi) is 5.66. The smallest absolute Gasteiger partial charge is 0.360 e. The van der Waals surface area contributed by atoms with E-state index >= 15 is 0 Å². The Balaban J connectivity index is 0.00000225. The van der Waals surface area contributed by atoms with Gasteiger partial charge in [-0.3, -0.25) is 4.98 Å². The van der Waals surface area contributed by atoms with E-state index in [1.165, 1.54) is 12.1 Å². The summed E-state index contributed by atoms with van der Waals surface area (Å²) in [4.78, 5) is 4.30. The van der Waals surface area contributed by atoms with E-state index in [1.807, 2.05) is 0 Å². The first-order chi connectivity index (χ1) is 12.9. The van der Waals surface area contributed by atoms with Crippen LogP contribution in [0, 0.1) is 0 Å². The van der Waals surface area contributed by atoms with Crippen LogP contribution in [-0.2, 0) is 6.18 Å². The van der Waals surface area contributed by atoms with E-state index in [4.69, 9.17) is 0 Å². The van der Waals surface area contributed by atoms with Crippen LogP contribution in [0.3, 0.4) is 0 Å². The Labute approximate surface area is 164 Å². The number of nitrogens with one attached hydrogen (secondary N) is 2. The van der Waals surface area contributed by atoms with Crippen LogP contribution in [-0.4, -0.2) is 40.5 Å². The molecule has 0 saturated carbocycles. The minimum atomic E-state index is -4.40. The molecule has 0 aliphatic carbocycles. The van der Waals surface area contributed by atoms with Crippen molar-refractivity contribution in [2.24, 2.45) is 0 Å². The lowest BCUT2D eigenvalue weighted by Crippen LogP contribution is -2.30. The molecule has 1 saturated heterocycles. The Hall–Kier alpha value is -2.52. The molecular weight excluding hydrogens is 398 g/mol. The van der Waals surface area contributed by atoms with Gasteiger partial charge >= 0.3 is 6.18 Å². The van der Waals surface area contributed by atoms with Crippen molar-refractivity contribution in [2.75, 3.05) is 18.4 Å². The molecule has 0 spiro atoms. The molecule has 1 aromatic carbocycles. The second-order valence-corrected chi connectivity index (χ2v) is 6.30. The Morgan fingerprint density at radius 3 is 2.43 bits per heavy atom. The maximum atomic E-state index is 13.9. The summed E-state index contributed by atoms with van der Waals surface area (Å²) >= 11 is 0. The largest absolute Gasteiger partial charge is 0.416 e. The van der Waals surface area contributed by atoms with E-state index < -0.39 is 24.0 Å². The Bertz CT molecular complexity index is 964. The highest BCUT2D eigenvalue weighted by molar-refractivity contribution is 5.97. The van der Waals surface area contributed by atoms with E-state index in [-0.39, 0.29) is 19.0 Å². The maximum Gasteiger partial charge on any atom is 0.416 e. The van der Waals surface area contributed by atoms with Crippen molar-refractivity contribution in [3.05, 3.63) is 48.2 Å². The van der Waals surface area contributed by atoms with Crippen LogP contribution in [0.4, 0.5) is 23.4 Å². The molecule has 28 heavy (non-hydrogen) atoms. The standard InChI is InChI=1S/C18H15F4N5.ClH/c19-13-8-23-9-14(13)25-17-16-12(2-1-7-24-16)15(26-27-17)10-3-5-11(6-4-10)18(20,21)22;/h1-7,13-14,23H,8-9H2,(H,25,27);1H/t13-,14+;/m0./s1. The molecule has 0 amide bonds. The minimum absolute atomic E-state index is 0. The molecule has 0 unspecified atom stereocenters. The number of hydrogen-bond donors (Lipinski definition) is 2. The van der Waals surface area contributed by atoms with Crippen molar-refractivity contribution in [3.63, 3.8) is 0 Å². The topological polar surface area (TPSA) is 62.7 Å². The quantitative estimate of drug-likeness (QED) is 0.638. The molecule has 10 heteroatoms. The molecular formula is C18H16ClF4N5. The predicted octanol–water partition coefficient (Wildman–Crippen LogP) is 3.85. The zero-order valence-corrected chi connectivity index (χ0v) is 15.2. The number of halogens is 5. The number of hydrogen-bond acceptors (Lipinski definition) is 5. The molecule has 4 rings (SSSR count). The summed E-state index contributed by atoms with van der Waals surface area (Å²) in [6.45, 7) is 0.720. The zero-order chi connectivity index (χ0) is 19.0. The number of nitrogens with zero attached hydrogens (tertiary/aromatic N) is 3. The van der Waals surface area contributed by atoms with Crippen LogP contribution >= 0.6 is 12.4 Å². The van der Waals surface area contributed by atoms with Crippen LogP contribution in [0.5, 0.6) is 0 Å². The average Bonchev–Trinajstić information content (AvgIpc) is 3.06. The van der Waals surface area contributed by atoms with Gasteiger partial charge in [0, 0.05) is 30.2 Å². The number of aromatic nitrogens is 3. The molecule has 5 nitrogen and oxygen atoms in total. The third-order valence-electron chi connectivity index (χ3n) is 4.49. The minimum Gasteiger partial charge on any atom is -0.360 e. The van der Waals surface area contributed by atoms with Gasteiger partial charge in [0.15, 0.2) is 5.82 Å². The Morgan fingerprint density at radius 2 is 1.79 bits per heavy atom. The second-order valence-electron chi connectivity index (χ2n) is 6.30. The van der Waals surface area contributed by atoms with E-state index in [9.17, 15) is 17.6 Å². The highest BCUT2D eigenvalue weighted by atomic mass is 35.5. The number of rotatable bonds is 3. The summed E-state index contributed by atoms with van der Waals surface area (Å²) < 4.78 is 52.2. The van der Waals surface area contributed by atoms with Gasteiger partial charge in [-0.1, -0.05) is 12.1 Å². The van der Waals surface area contributed by atoms with Crippen LogP contribution in [0.2, 0.25) is 0 Å². The number of anilines is 1. The van der Waals surface area contributed by atoms with Gasteiger partial charge in [0.25, 0.3) is 0 Å². The highest BCUT2D eigenvalue weighted by Crippen LogP contribution is 2.33. The molecule has 2 N–H and O–H groups in total. The summed E-state index contributed by atoms with van der Waals surface area (Å²) in [5, 5.41) is 14.9. The molecule has 2 atom stereocenters. The zero-order valence-electron chi connectivity index (χ0n) is 14.4.